The molecule has 0 spiro atoms. The van der Waals surface area contributed by atoms with Gasteiger partial charge in [0.1, 0.15) is 6.54 Å². The molecule has 21 heavy (non-hydrogen) atoms. The Morgan fingerprint density at radius 1 is 1.29 bits per heavy atom. The maximum Gasteiger partial charge on any atom is 0.323 e. The van der Waals surface area contributed by atoms with Crippen molar-refractivity contribution in [3.05, 3.63) is 29.8 Å². The van der Waals surface area contributed by atoms with Crippen molar-refractivity contribution in [3.63, 3.8) is 0 Å². The zero-order chi connectivity index (χ0) is 15.0. The lowest BCUT2D eigenvalue weighted by Gasteiger charge is -2.30. The zero-order valence-electron chi connectivity index (χ0n) is 11.4. The maximum absolute atomic E-state index is 12.7. The fourth-order valence-corrected chi connectivity index (χ4v) is 2.75. The Balaban J connectivity index is 1.89. The molecule has 1 aromatic rings. The van der Waals surface area contributed by atoms with Crippen LogP contribution in [0.1, 0.15) is 30.7 Å². The molecule has 2 N–H and O–H groups in total. The number of carboxylic acid groups (broad SMARTS) is 1. The molecule has 1 aliphatic heterocycles. The van der Waals surface area contributed by atoms with Crippen molar-refractivity contribution < 1.29 is 19.5 Å². The fraction of sp³-hybridized carbons (Fsp3) is 0.400. The molecule has 3 rings (SSSR count). The number of carboxylic acids is 1. The molecule has 6 heteroatoms. The van der Waals surface area contributed by atoms with E-state index in [-0.39, 0.29) is 30.8 Å². The summed E-state index contributed by atoms with van der Waals surface area (Å²) in [6, 6.07) is 7.18. The number of aliphatic carboxylic acids is 1. The zero-order valence-corrected chi connectivity index (χ0v) is 11.4. The topological polar surface area (TPSA) is 86.7 Å². The summed E-state index contributed by atoms with van der Waals surface area (Å²) in [6.07, 6.45) is 1.73. The fourth-order valence-electron chi connectivity index (χ4n) is 2.75. The summed E-state index contributed by atoms with van der Waals surface area (Å²) < 4.78 is 0. The van der Waals surface area contributed by atoms with E-state index < -0.39 is 11.9 Å². The Bertz CT molecular complexity index is 609. The maximum atomic E-state index is 12.7. The molecule has 1 aliphatic carbocycles. The van der Waals surface area contributed by atoms with Gasteiger partial charge in [-0.2, -0.15) is 0 Å². The third-order valence-corrected chi connectivity index (χ3v) is 3.87. The lowest BCUT2D eigenvalue weighted by molar-refractivity contribution is -0.146. The quantitative estimate of drug-likeness (QED) is 0.871. The van der Waals surface area contributed by atoms with Gasteiger partial charge >= 0.3 is 5.97 Å². The molecule has 1 heterocycles. The van der Waals surface area contributed by atoms with E-state index in [0.717, 1.165) is 18.4 Å². The highest BCUT2D eigenvalue weighted by Crippen LogP contribution is 2.36. The van der Waals surface area contributed by atoms with Gasteiger partial charge in [0, 0.05) is 18.2 Å². The number of rotatable bonds is 4. The van der Waals surface area contributed by atoms with Crippen LogP contribution in [0.15, 0.2) is 24.3 Å². The molecule has 6 nitrogen and oxygen atoms in total. The highest BCUT2D eigenvalue weighted by atomic mass is 16.4. The molecule has 2 aliphatic rings. The summed E-state index contributed by atoms with van der Waals surface area (Å²) in [5, 5.41) is 11.7. The van der Waals surface area contributed by atoms with Gasteiger partial charge in [0.15, 0.2) is 0 Å². The molecular weight excluding hydrogens is 272 g/mol. The minimum atomic E-state index is -1.02. The Labute approximate surface area is 121 Å². The summed E-state index contributed by atoms with van der Waals surface area (Å²) in [6.45, 7) is -0.302. The number of hydrogen-bond donors (Lipinski definition) is 2. The number of nitrogens with zero attached hydrogens (tertiary/aromatic N) is 1. The van der Waals surface area contributed by atoms with Gasteiger partial charge in [-0.25, -0.2) is 0 Å². The van der Waals surface area contributed by atoms with E-state index in [1.807, 2.05) is 12.1 Å². The second-order valence-electron chi connectivity index (χ2n) is 5.48. The summed E-state index contributed by atoms with van der Waals surface area (Å²) in [7, 11) is 0. The van der Waals surface area contributed by atoms with Crippen molar-refractivity contribution in [1.82, 2.24) is 4.90 Å². The minimum absolute atomic E-state index is 0.00532. The van der Waals surface area contributed by atoms with Crippen molar-refractivity contribution in [2.75, 3.05) is 11.9 Å². The van der Waals surface area contributed by atoms with Gasteiger partial charge in [-0.1, -0.05) is 18.2 Å². The number of fused-ring (bicyclic) bond motifs is 1. The van der Waals surface area contributed by atoms with E-state index in [1.165, 1.54) is 4.90 Å². The summed E-state index contributed by atoms with van der Waals surface area (Å²) in [5.74, 6) is -2.08. The third-order valence-electron chi connectivity index (χ3n) is 3.87. The van der Waals surface area contributed by atoms with Crippen LogP contribution in [-0.2, 0) is 14.4 Å². The van der Waals surface area contributed by atoms with E-state index in [9.17, 15) is 14.4 Å². The van der Waals surface area contributed by atoms with Crippen LogP contribution in [0.3, 0.4) is 0 Å². The van der Waals surface area contributed by atoms with Crippen LogP contribution >= 0.6 is 0 Å². The summed E-state index contributed by atoms with van der Waals surface area (Å²) in [4.78, 5) is 36.8. The number of para-hydroxylation sites is 1. The van der Waals surface area contributed by atoms with E-state index in [2.05, 4.69) is 5.32 Å². The van der Waals surface area contributed by atoms with Crippen LogP contribution in [0.4, 0.5) is 5.69 Å². The highest BCUT2D eigenvalue weighted by Gasteiger charge is 2.40. The van der Waals surface area contributed by atoms with Gasteiger partial charge < -0.3 is 15.3 Å². The van der Waals surface area contributed by atoms with Crippen molar-refractivity contribution in [3.8, 4) is 0 Å². The van der Waals surface area contributed by atoms with Crippen LogP contribution in [0.5, 0.6) is 0 Å². The number of carbonyl (C=O) groups excluding carboxylic acids is 2. The van der Waals surface area contributed by atoms with Crippen LogP contribution in [-0.4, -0.2) is 40.4 Å². The van der Waals surface area contributed by atoms with Gasteiger partial charge in [0.2, 0.25) is 11.8 Å². The number of nitrogens with one attached hydrogen (secondary N) is 1. The third kappa shape index (κ3) is 2.74. The molecule has 1 atom stereocenters. The van der Waals surface area contributed by atoms with Crippen LogP contribution in [0.2, 0.25) is 0 Å². The second kappa shape index (κ2) is 5.20. The monoisotopic (exact) mass is 288 g/mol. The number of amides is 2. The predicted molar refractivity (Wildman–Crippen MR) is 74.8 cm³/mol. The first-order valence-corrected chi connectivity index (χ1v) is 6.97. The largest absolute Gasteiger partial charge is 0.480 e. The van der Waals surface area contributed by atoms with Crippen LogP contribution in [0.25, 0.3) is 0 Å². The Kier molecular flexibility index (Phi) is 3.37. The summed E-state index contributed by atoms with van der Waals surface area (Å²) in [5.41, 5.74) is 1.40. The number of benzene rings is 1. The molecule has 0 aromatic heterocycles. The lowest BCUT2D eigenvalue weighted by Crippen LogP contribution is -2.42. The number of hydrogen-bond acceptors (Lipinski definition) is 3. The number of anilines is 1. The molecule has 0 saturated heterocycles. The van der Waals surface area contributed by atoms with Gasteiger partial charge in [-0.3, -0.25) is 14.4 Å². The average molecular weight is 288 g/mol. The molecule has 2 amide bonds. The highest BCUT2D eigenvalue weighted by molar-refractivity contribution is 6.01. The van der Waals surface area contributed by atoms with Crippen molar-refractivity contribution in [1.29, 1.82) is 0 Å². The normalized spacial score (nSPS) is 20.4. The van der Waals surface area contributed by atoms with E-state index in [4.69, 9.17) is 5.11 Å². The lowest BCUT2D eigenvalue weighted by atomic mass is 9.89. The van der Waals surface area contributed by atoms with E-state index in [0.29, 0.717) is 5.69 Å². The van der Waals surface area contributed by atoms with Crippen LogP contribution in [0, 0.1) is 0 Å². The molecule has 0 radical (unpaired) electrons. The first-order valence-electron chi connectivity index (χ1n) is 6.97. The van der Waals surface area contributed by atoms with Gasteiger partial charge in [-0.05, 0) is 24.5 Å². The number of carbonyl (C=O) groups is 3. The predicted octanol–water partition coefficient (Wildman–Crippen LogP) is 1.19. The van der Waals surface area contributed by atoms with Gasteiger partial charge in [0.05, 0.1) is 5.92 Å². The molecular formula is C15H16N2O4. The summed E-state index contributed by atoms with van der Waals surface area (Å²) >= 11 is 0. The average Bonchev–Trinajstić information content (AvgIpc) is 3.27. The minimum Gasteiger partial charge on any atom is -0.480 e. The van der Waals surface area contributed by atoms with E-state index >= 15 is 0 Å². The molecule has 1 saturated carbocycles. The molecule has 1 aromatic carbocycles. The van der Waals surface area contributed by atoms with Crippen molar-refractivity contribution in [2.24, 2.45) is 0 Å². The molecule has 0 bridgehead atoms. The van der Waals surface area contributed by atoms with Crippen LogP contribution < -0.4 is 5.32 Å². The van der Waals surface area contributed by atoms with Crippen molar-refractivity contribution in [2.45, 2.75) is 31.2 Å². The Hall–Kier alpha value is -2.37. The van der Waals surface area contributed by atoms with Crippen molar-refractivity contribution >= 4 is 23.5 Å². The SMILES string of the molecule is O=C(O)CN(C(=O)[C@@H]1CC(=O)Nc2ccccc21)C1CC1. The molecule has 1 fully saturated rings. The van der Waals surface area contributed by atoms with Gasteiger partial charge in [0.25, 0.3) is 0 Å². The first kappa shape index (κ1) is 13.6. The van der Waals surface area contributed by atoms with E-state index in [1.54, 1.807) is 12.1 Å². The molecule has 110 valence electrons. The smallest absolute Gasteiger partial charge is 0.323 e. The van der Waals surface area contributed by atoms with Gasteiger partial charge in [-0.15, -0.1) is 0 Å². The second-order valence-corrected chi connectivity index (χ2v) is 5.48. The molecule has 0 unspecified atom stereocenters. The Morgan fingerprint density at radius 3 is 2.67 bits per heavy atom. The first-order chi connectivity index (χ1) is 10.1. The standard InChI is InChI=1S/C15H16N2O4/c18-13-7-11(10-3-1-2-4-12(10)16-13)15(21)17(8-14(19)20)9-5-6-9/h1-4,9,11H,5-8H2,(H,16,18)(H,19,20)/t11-/m1/s1. The Morgan fingerprint density at radius 2 is 2.00 bits per heavy atom.